The predicted molar refractivity (Wildman–Crippen MR) is 81.8 cm³/mol. The zero-order chi connectivity index (χ0) is 15.0. The lowest BCUT2D eigenvalue weighted by Crippen LogP contribution is -2.38. The van der Waals surface area contributed by atoms with E-state index in [1.165, 1.54) is 18.6 Å². The molecule has 2 unspecified atom stereocenters. The van der Waals surface area contributed by atoms with Crippen molar-refractivity contribution in [1.29, 1.82) is 0 Å². The fourth-order valence-electron chi connectivity index (χ4n) is 2.47. The molecule has 1 aliphatic rings. The molecule has 0 aliphatic heterocycles. The number of hydrogen-bond acceptors (Lipinski definition) is 2. The zero-order valence-corrected chi connectivity index (χ0v) is 12.5. The predicted octanol–water partition coefficient (Wildman–Crippen LogP) is 2.95. The second kappa shape index (κ2) is 5.39. The Balaban J connectivity index is 1.71. The van der Waals surface area contributed by atoms with Gasteiger partial charge in [0.1, 0.15) is 17.2 Å². The molecule has 1 heterocycles. The Kier molecular flexibility index (Phi) is 3.57. The van der Waals surface area contributed by atoms with Crippen LogP contribution in [0.15, 0.2) is 27.6 Å². The SMILES string of the molecule is CN=C(NCc1oc2ccc(F)cc2c1C)NC1CC1C. The zero-order valence-electron chi connectivity index (χ0n) is 12.5. The van der Waals surface area contributed by atoms with E-state index in [4.69, 9.17) is 4.42 Å². The molecule has 0 saturated heterocycles. The number of halogens is 1. The largest absolute Gasteiger partial charge is 0.459 e. The maximum atomic E-state index is 13.3. The minimum atomic E-state index is -0.244. The molecule has 112 valence electrons. The lowest BCUT2D eigenvalue weighted by atomic mass is 10.1. The standard InChI is InChI=1S/C16H20FN3O/c1-9-6-13(9)20-16(18-3)19-8-15-10(2)12-7-11(17)4-5-14(12)21-15/h4-5,7,9,13H,6,8H2,1-3H3,(H2,18,19,20). The third kappa shape index (κ3) is 2.86. The molecule has 0 amide bonds. The quantitative estimate of drug-likeness (QED) is 0.674. The number of fused-ring (bicyclic) bond motifs is 1. The Bertz CT molecular complexity index is 692. The molecule has 1 aliphatic carbocycles. The summed E-state index contributed by atoms with van der Waals surface area (Å²) in [5.74, 6) is 2.04. The van der Waals surface area contributed by atoms with Crippen LogP contribution in [0.5, 0.6) is 0 Å². The Morgan fingerprint density at radius 2 is 2.24 bits per heavy atom. The van der Waals surface area contributed by atoms with E-state index in [2.05, 4.69) is 22.5 Å². The smallest absolute Gasteiger partial charge is 0.191 e. The van der Waals surface area contributed by atoms with Crippen molar-refractivity contribution in [3.63, 3.8) is 0 Å². The number of furan rings is 1. The molecule has 3 rings (SSSR count). The van der Waals surface area contributed by atoms with E-state index in [1.54, 1.807) is 13.1 Å². The van der Waals surface area contributed by atoms with Gasteiger partial charge in [-0.2, -0.15) is 0 Å². The first-order valence-electron chi connectivity index (χ1n) is 7.23. The minimum Gasteiger partial charge on any atom is -0.459 e. The van der Waals surface area contributed by atoms with Gasteiger partial charge >= 0.3 is 0 Å². The van der Waals surface area contributed by atoms with Gasteiger partial charge in [0.15, 0.2) is 5.96 Å². The molecule has 0 bridgehead atoms. The number of aryl methyl sites for hydroxylation is 1. The summed E-state index contributed by atoms with van der Waals surface area (Å²) in [5.41, 5.74) is 1.68. The fourth-order valence-corrected chi connectivity index (χ4v) is 2.47. The highest BCUT2D eigenvalue weighted by Gasteiger charge is 2.33. The number of guanidine groups is 1. The Morgan fingerprint density at radius 3 is 2.90 bits per heavy atom. The van der Waals surface area contributed by atoms with E-state index in [0.717, 1.165) is 22.7 Å². The maximum Gasteiger partial charge on any atom is 0.191 e. The van der Waals surface area contributed by atoms with Crippen LogP contribution < -0.4 is 10.6 Å². The summed E-state index contributed by atoms with van der Waals surface area (Å²) >= 11 is 0. The van der Waals surface area contributed by atoms with Crippen molar-refractivity contribution in [2.45, 2.75) is 32.9 Å². The summed E-state index contributed by atoms with van der Waals surface area (Å²) in [7, 11) is 1.75. The van der Waals surface area contributed by atoms with E-state index in [-0.39, 0.29) is 5.82 Å². The molecule has 1 fully saturated rings. The lowest BCUT2D eigenvalue weighted by Gasteiger charge is -2.10. The Labute approximate surface area is 123 Å². The van der Waals surface area contributed by atoms with Crippen molar-refractivity contribution in [3.05, 3.63) is 35.3 Å². The molecular weight excluding hydrogens is 269 g/mol. The van der Waals surface area contributed by atoms with Crippen molar-refractivity contribution in [2.75, 3.05) is 7.05 Å². The monoisotopic (exact) mass is 289 g/mol. The number of benzene rings is 1. The Hall–Kier alpha value is -2.04. The highest BCUT2D eigenvalue weighted by molar-refractivity contribution is 5.83. The molecule has 5 heteroatoms. The van der Waals surface area contributed by atoms with E-state index >= 15 is 0 Å². The van der Waals surface area contributed by atoms with Crippen molar-refractivity contribution in [3.8, 4) is 0 Å². The van der Waals surface area contributed by atoms with Crippen molar-refractivity contribution in [2.24, 2.45) is 10.9 Å². The van der Waals surface area contributed by atoms with Gasteiger partial charge in [-0.3, -0.25) is 4.99 Å². The van der Waals surface area contributed by atoms with E-state index < -0.39 is 0 Å². The van der Waals surface area contributed by atoms with Crippen molar-refractivity contribution in [1.82, 2.24) is 10.6 Å². The van der Waals surface area contributed by atoms with Crippen LogP contribution >= 0.6 is 0 Å². The minimum absolute atomic E-state index is 0.244. The van der Waals surface area contributed by atoms with Gasteiger partial charge in [-0.1, -0.05) is 6.92 Å². The van der Waals surface area contributed by atoms with Crippen LogP contribution in [0, 0.1) is 18.7 Å². The molecule has 2 N–H and O–H groups in total. The van der Waals surface area contributed by atoms with Gasteiger partial charge in [0.25, 0.3) is 0 Å². The average molecular weight is 289 g/mol. The third-order valence-corrected chi connectivity index (χ3v) is 4.07. The van der Waals surface area contributed by atoms with Gasteiger partial charge in [-0.15, -0.1) is 0 Å². The summed E-state index contributed by atoms with van der Waals surface area (Å²) < 4.78 is 19.1. The van der Waals surface area contributed by atoms with Crippen molar-refractivity contribution < 1.29 is 8.81 Å². The van der Waals surface area contributed by atoms with E-state index in [9.17, 15) is 4.39 Å². The molecule has 1 saturated carbocycles. The first-order chi connectivity index (χ1) is 10.1. The summed E-state index contributed by atoms with van der Waals surface area (Å²) in [6.07, 6.45) is 1.18. The molecule has 2 atom stereocenters. The van der Waals surface area contributed by atoms with Crippen molar-refractivity contribution >= 4 is 16.9 Å². The van der Waals surface area contributed by atoms with Gasteiger partial charge in [-0.25, -0.2) is 4.39 Å². The summed E-state index contributed by atoms with van der Waals surface area (Å²) in [6.45, 7) is 4.69. The molecule has 1 aromatic heterocycles. The number of aliphatic imine (C=N–C) groups is 1. The van der Waals surface area contributed by atoms with Gasteiger partial charge < -0.3 is 15.1 Å². The molecule has 0 spiro atoms. The molecule has 4 nitrogen and oxygen atoms in total. The van der Waals surface area contributed by atoms with Crippen LogP contribution in [0.1, 0.15) is 24.7 Å². The Morgan fingerprint density at radius 1 is 1.48 bits per heavy atom. The van der Waals surface area contributed by atoms with Crippen LogP contribution in [-0.4, -0.2) is 19.0 Å². The topological polar surface area (TPSA) is 49.6 Å². The number of nitrogens with one attached hydrogen (secondary N) is 2. The van der Waals surface area contributed by atoms with Crippen LogP contribution in [0.3, 0.4) is 0 Å². The van der Waals surface area contributed by atoms with Crippen LogP contribution in [-0.2, 0) is 6.54 Å². The third-order valence-electron chi connectivity index (χ3n) is 4.07. The normalized spacial score (nSPS) is 21.6. The second-order valence-electron chi connectivity index (χ2n) is 5.68. The average Bonchev–Trinajstić information content (AvgIpc) is 3.08. The first kappa shape index (κ1) is 13.9. The van der Waals surface area contributed by atoms with Gasteiger partial charge in [-0.05, 0) is 37.5 Å². The first-order valence-corrected chi connectivity index (χ1v) is 7.23. The summed E-state index contributed by atoms with van der Waals surface area (Å²) in [5, 5.41) is 7.43. The molecule has 1 aromatic carbocycles. The second-order valence-corrected chi connectivity index (χ2v) is 5.68. The van der Waals surface area contributed by atoms with E-state index in [0.29, 0.717) is 24.1 Å². The fraction of sp³-hybridized carbons (Fsp3) is 0.438. The lowest BCUT2D eigenvalue weighted by molar-refractivity contribution is 0.533. The van der Waals surface area contributed by atoms with Gasteiger partial charge in [0.2, 0.25) is 0 Å². The molecule has 21 heavy (non-hydrogen) atoms. The number of hydrogen-bond donors (Lipinski definition) is 2. The highest BCUT2D eigenvalue weighted by Crippen LogP contribution is 2.29. The number of rotatable bonds is 3. The number of nitrogens with zero attached hydrogens (tertiary/aromatic N) is 1. The summed E-state index contributed by atoms with van der Waals surface area (Å²) in [4.78, 5) is 4.21. The van der Waals surface area contributed by atoms with Crippen LogP contribution in [0.25, 0.3) is 11.0 Å². The molecule has 0 radical (unpaired) electrons. The van der Waals surface area contributed by atoms with E-state index in [1.807, 2.05) is 6.92 Å². The summed E-state index contributed by atoms with van der Waals surface area (Å²) in [6, 6.07) is 5.11. The van der Waals surface area contributed by atoms with Gasteiger partial charge in [0.05, 0.1) is 6.54 Å². The maximum absolute atomic E-state index is 13.3. The molecular formula is C16H20FN3O. The van der Waals surface area contributed by atoms with Gasteiger partial charge in [0, 0.05) is 24.0 Å². The molecule has 2 aromatic rings. The highest BCUT2D eigenvalue weighted by atomic mass is 19.1. The van der Waals surface area contributed by atoms with Crippen LogP contribution in [0.4, 0.5) is 4.39 Å². The van der Waals surface area contributed by atoms with Crippen LogP contribution in [0.2, 0.25) is 0 Å².